The number of esters is 4. The summed E-state index contributed by atoms with van der Waals surface area (Å²) in [6, 6.07) is 0. The third-order valence-corrected chi connectivity index (χ3v) is 20.2. The molecule has 3 unspecified atom stereocenters. The number of carbonyl (C=O) groups is 4. The number of hydrogen-bond acceptors (Lipinski definition) is 15. The summed E-state index contributed by atoms with van der Waals surface area (Å²) in [6.45, 7) is 9.66. The molecule has 0 fully saturated rings. The Labute approximate surface area is 588 Å². The number of carbonyl (C=O) groups excluding carboxylic acids is 4. The van der Waals surface area contributed by atoms with Crippen LogP contribution in [0.4, 0.5) is 0 Å². The van der Waals surface area contributed by atoms with Crippen molar-refractivity contribution in [2.45, 2.75) is 419 Å². The molecular formula is C77H150O17P2. The standard InChI is InChI=1S/C77H150O17P2/c1-7-10-12-14-16-18-20-21-25-30-37-43-49-55-61-76(81)93-72(65-87-74(79)59-53-47-41-35-19-17-15-13-11-8-2)67-91-95(83,84)89-63-71(78)64-90-96(85,86)92-68-73(66-88-75(80)60-54-48-42-36-32-27-28-33-39-45-51-57-69(4)5)94-77(82)62-56-50-44-38-31-26-23-22-24-29-34-40-46-52-58-70(6)9-3/h69-73,78H,7-68H2,1-6H3,(H,83,84)(H,85,86)/t70?,71-,72+,73+/m0/s1. The molecule has 0 aliphatic rings. The minimum absolute atomic E-state index is 0.108. The highest BCUT2D eigenvalue weighted by Gasteiger charge is 2.30. The van der Waals surface area contributed by atoms with Gasteiger partial charge in [0.25, 0.3) is 0 Å². The zero-order valence-electron chi connectivity index (χ0n) is 62.7. The summed E-state index contributed by atoms with van der Waals surface area (Å²) < 4.78 is 68.6. The number of aliphatic hydroxyl groups is 1. The third-order valence-electron chi connectivity index (χ3n) is 18.3. The van der Waals surface area contributed by atoms with E-state index in [1.54, 1.807) is 0 Å². The number of hydrogen-bond donors (Lipinski definition) is 3. The Balaban J connectivity index is 5.25. The van der Waals surface area contributed by atoms with E-state index < -0.39 is 97.5 Å². The van der Waals surface area contributed by atoms with Crippen molar-refractivity contribution in [2.24, 2.45) is 11.8 Å². The van der Waals surface area contributed by atoms with Gasteiger partial charge >= 0.3 is 39.5 Å². The SMILES string of the molecule is CCCCCCCCCCCCCCCCC(=O)O[C@H](COC(=O)CCCCCCCCCCCC)COP(=O)(O)OC[C@H](O)COP(=O)(O)OC[C@@H](COC(=O)CCCCCCCCCCCCCC(C)C)OC(=O)CCCCCCCCCCCCCCCCC(C)CC. The molecule has 0 saturated heterocycles. The van der Waals surface area contributed by atoms with Crippen molar-refractivity contribution < 1.29 is 80.2 Å². The molecule has 0 aliphatic carbocycles. The largest absolute Gasteiger partial charge is 0.472 e. The summed E-state index contributed by atoms with van der Waals surface area (Å²) in [5.74, 6) is -0.495. The fourth-order valence-electron chi connectivity index (χ4n) is 11.8. The van der Waals surface area contributed by atoms with Crippen LogP contribution in [0.1, 0.15) is 401 Å². The molecule has 570 valence electrons. The number of unbranched alkanes of at least 4 members (excludes halogenated alkanes) is 45. The van der Waals surface area contributed by atoms with Crippen LogP contribution in [0.5, 0.6) is 0 Å². The van der Waals surface area contributed by atoms with Crippen LogP contribution >= 0.6 is 15.6 Å². The molecule has 0 spiro atoms. The fourth-order valence-corrected chi connectivity index (χ4v) is 13.4. The van der Waals surface area contributed by atoms with E-state index in [0.29, 0.717) is 25.7 Å². The monoisotopic (exact) mass is 1410 g/mol. The van der Waals surface area contributed by atoms with Crippen molar-refractivity contribution in [3.63, 3.8) is 0 Å². The van der Waals surface area contributed by atoms with Crippen LogP contribution in [0.2, 0.25) is 0 Å². The van der Waals surface area contributed by atoms with Gasteiger partial charge in [0.15, 0.2) is 12.2 Å². The van der Waals surface area contributed by atoms with Gasteiger partial charge in [-0.15, -0.1) is 0 Å². The third kappa shape index (κ3) is 69.2. The molecule has 0 aromatic heterocycles. The van der Waals surface area contributed by atoms with Crippen molar-refractivity contribution in [3.05, 3.63) is 0 Å². The molecule has 0 aliphatic heterocycles. The molecule has 0 amide bonds. The maximum atomic E-state index is 13.1. The number of ether oxygens (including phenoxy) is 4. The van der Waals surface area contributed by atoms with Gasteiger partial charge in [-0.3, -0.25) is 37.3 Å². The predicted molar refractivity (Wildman–Crippen MR) is 391 cm³/mol. The maximum absolute atomic E-state index is 13.1. The molecule has 19 heteroatoms. The Morgan fingerprint density at radius 3 is 0.792 bits per heavy atom. The van der Waals surface area contributed by atoms with E-state index in [-0.39, 0.29) is 25.7 Å². The molecule has 0 heterocycles. The highest BCUT2D eigenvalue weighted by atomic mass is 31.2. The topological polar surface area (TPSA) is 237 Å². The van der Waals surface area contributed by atoms with E-state index in [9.17, 15) is 43.2 Å². The van der Waals surface area contributed by atoms with Crippen molar-refractivity contribution in [1.82, 2.24) is 0 Å². The average Bonchev–Trinajstić information content (AvgIpc) is 2.04. The zero-order chi connectivity index (χ0) is 70.7. The molecule has 96 heavy (non-hydrogen) atoms. The normalized spacial score (nSPS) is 14.3. The van der Waals surface area contributed by atoms with Crippen LogP contribution in [-0.2, 0) is 65.4 Å². The molecule has 0 aromatic carbocycles. The quantitative estimate of drug-likeness (QED) is 0.0222. The van der Waals surface area contributed by atoms with Crippen molar-refractivity contribution in [2.75, 3.05) is 39.6 Å². The highest BCUT2D eigenvalue weighted by Crippen LogP contribution is 2.45. The van der Waals surface area contributed by atoms with E-state index in [0.717, 1.165) is 102 Å². The number of phosphoric acid groups is 2. The minimum Gasteiger partial charge on any atom is -0.462 e. The lowest BCUT2D eigenvalue weighted by Gasteiger charge is -2.21. The van der Waals surface area contributed by atoms with E-state index >= 15 is 0 Å². The lowest BCUT2D eigenvalue weighted by atomic mass is 9.99. The van der Waals surface area contributed by atoms with Crippen LogP contribution in [0.15, 0.2) is 0 Å². The second kappa shape index (κ2) is 68.8. The molecule has 0 bridgehead atoms. The van der Waals surface area contributed by atoms with E-state index in [1.807, 2.05) is 0 Å². The maximum Gasteiger partial charge on any atom is 0.472 e. The first-order chi connectivity index (χ1) is 46.4. The van der Waals surface area contributed by atoms with Crippen LogP contribution in [0.25, 0.3) is 0 Å². The van der Waals surface area contributed by atoms with Gasteiger partial charge in [0.2, 0.25) is 0 Å². The highest BCUT2D eigenvalue weighted by molar-refractivity contribution is 7.47. The van der Waals surface area contributed by atoms with Gasteiger partial charge in [-0.05, 0) is 37.5 Å². The Kier molecular flexibility index (Phi) is 67.4. The van der Waals surface area contributed by atoms with Crippen molar-refractivity contribution in [1.29, 1.82) is 0 Å². The first-order valence-corrected chi connectivity index (χ1v) is 43.0. The molecule has 0 saturated carbocycles. The average molecular weight is 1410 g/mol. The van der Waals surface area contributed by atoms with Crippen LogP contribution in [-0.4, -0.2) is 96.7 Å². The lowest BCUT2D eigenvalue weighted by Crippen LogP contribution is -2.30. The van der Waals surface area contributed by atoms with Gasteiger partial charge in [0.05, 0.1) is 26.4 Å². The fraction of sp³-hybridized carbons (Fsp3) is 0.948. The summed E-state index contributed by atoms with van der Waals surface area (Å²) in [5.41, 5.74) is 0. The molecule has 17 nitrogen and oxygen atoms in total. The number of rotatable bonds is 76. The summed E-state index contributed by atoms with van der Waals surface area (Å²) in [6.07, 6.45) is 56.6. The van der Waals surface area contributed by atoms with E-state index in [2.05, 4.69) is 41.5 Å². The summed E-state index contributed by atoms with van der Waals surface area (Å²) >= 11 is 0. The van der Waals surface area contributed by atoms with Crippen LogP contribution in [0.3, 0.4) is 0 Å². The first-order valence-electron chi connectivity index (χ1n) is 40.0. The van der Waals surface area contributed by atoms with Crippen LogP contribution < -0.4 is 0 Å². The Morgan fingerprint density at radius 1 is 0.302 bits per heavy atom. The molecule has 6 atom stereocenters. The van der Waals surface area contributed by atoms with Gasteiger partial charge < -0.3 is 33.8 Å². The Morgan fingerprint density at radius 2 is 0.531 bits per heavy atom. The van der Waals surface area contributed by atoms with Crippen molar-refractivity contribution in [3.8, 4) is 0 Å². The minimum atomic E-state index is -4.96. The van der Waals surface area contributed by atoms with Crippen molar-refractivity contribution >= 4 is 39.5 Å². The van der Waals surface area contributed by atoms with E-state index in [4.69, 9.17) is 37.0 Å². The van der Waals surface area contributed by atoms with Gasteiger partial charge in [-0.2, -0.15) is 0 Å². The second-order valence-corrected chi connectivity index (χ2v) is 31.4. The number of aliphatic hydroxyl groups excluding tert-OH is 1. The van der Waals surface area contributed by atoms with Gasteiger partial charge in [0, 0.05) is 25.7 Å². The summed E-state index contributed by atoms with van der Waals surface area (Å²) in [5, 5.41) is 10.6. The molecule has 0 rings (SSSR count). The predicted octanol–water partition coefficient (Wildman–Crippen LogP) is 22.7. The van der Waals surface area contributed by atoms with Gasteiger partial charge in [-0.1, -0.05) is 350 Å². The zero-order valence-corrected chi connectivity index (χ0v) is 64.5. The number of phosphoric ester groups is 2. The molecular weight excluding hydrogens is 1260 g/mol. The lowest BCUT2D eigenvalue weighted by molar-refractivity contribution is -0.161. The summed E-state index contributed by atoms with van der Waals surface area (Å²) in [4.78, 5) is 72.9. The Bertz CT molecular complexity index is 1860. The Hall–Kier alpha value is -1.94. The second-order valence-electron chi connectivity index (χ2n) is 28.5. The smallest absolute Gasteiger partial charge is 0.462 e. The molecule has 3 N–H and O–H groups in total. The molecule has 0 aromatic rings. The van der Waals surface area contributed by atoms with E-state index in [1.165, 1.54) is 218 Å². The van der Waals surface area contributed by atoms with Crippen LogP contribution in [0, 0.1) is 11.8 Å². The van der Waals surface area contributed by atoms with Gasteiger partial charge in [0.1, 0.15) is 19.3 Å². The molecule has 0 radical (unpaired) electrons. The summed E-state index contributed by atoms with van der Waals surface area (Å²) in [7, 11) is -9.91. The first kappa shape index (κ1) is 94.1. The van der Waals surface area contributed by atoms with Gasteiger partial charge in [-0.25, -0.2) is 9.13 Å².